The highest BCUT2D eigenvalue weighted by molar-refractivity contribution is 5.88. The summed E-state index contributed by atoms with van der Waals surface area (Å²) in [6, 6.07) is 92.7. The molecule has 13 nitrogen and oxygen atoms in total. The van der Waals surface area contributed by atoms with E-state index >= 15 is 0 Å². The maximum Gasteiger partial charge on any atom is 0.335 e. The van der Waals surface area contributed by atoms with E-state index < -0.39 is 5.97 Å². The van der Waals surface area contributed by atoms with Gasteiger partial charge < -0.3 is 19.3 Å². The first-order chi connectivity index (χ1) is 52.4. The van der Waals surface area contributed by atoms with Gasteiger partial charge in [0, 0.05) is 51.1 Å². The Bertz CT molecular complexity index is 4390. The van der Waals surface area contributed by atoms with E-state index in [4.69, 9.17) is 14.2 Å². The fourth-order valence-electron chi connectivity index (χ4n) is 21.2. The van der Waals surface area contributed by atoms with Crippen molar-refractivity contribution in [1.29, 1.82) is 0 Å². The van der Waals surface area contributed by atoms with Gasteiger partial charge in [-0.3, -0.25) is 42.5 Å². The van der Waals surface area contributed by atoms with Crippen LogP contribution in [0.5, 0.6) is 17.2 Å². The molecule has 5 aliphatic heterocycles. The van der Waals surface area contributed by atoms with Crippen LogP contribution in [0.25, 0.3) is 66.8 Å². The van der Waals surface area contributed by atoms with E-state index in [0.717, 1.165) is 161 Å². The highest BCUT2D eigenvalue weighted by Gasteiger charge is 2.59. The van der Waals surface area contributed by atoms with Crippen LogP contribution in [0, 0.1) is 47.3 Å². The number of carboxylic acid groups (broad SMARTS) is 1. The second-order valence-electron chi connectivity index (χ2n) is 31.6. The van der Waals surface area contributed by atoms with Gasteiger partial charge in [-0.25, -0.2) is 4.79 Å². The van der Waals surface area contributed by atoms with Crippen molar-refractivity contribution in [3.63, 3.8) is 0 Å². The molecule has 9 fully saturated rings. The summed E-state index contributed by atoms with van der Waals surface area (Å²) in [4.78, 5) is 12.2. The summed E-state index contributed by atoms with van der Waals surface area (Å²) in [5.74, 6) is 3.55. The van der Waals surface area contributed by atoms with Gasteiger partial charge in [-0.2, -0.15) is 0 Å². The van der Waals surface area contributed by atoms with E-state index in [1.807, 2.05) is 0 Å². The molecule has 4 aliphatic carbocycles. The maximum atomic E-state index is 12.2. The van der Waals surface area contributed by atoms with Crippen LogP contribution in [-0.2, 0) is 0 Å². The van der Waals surface area contributed by atoms with Crippen molar-refractivity contribution in [3.8, 4) is 84.0 Å². The summed E-state index contributed by atoms with van der Waals surface area (Å²) in [7, 11) is 0. The first-order valence-corrected chi connectivity index (χ1v) is 39.5. The molecule has 0 radical (unpaired) electrons. The SMILES string of the molecule is O=C(O)c1ccc(C2CCC3C4NC(NC5NC(NC6NC(NC7NC(N4)C4C(Oc8c(-c9ccccc9)cccc8-c8ccccc8)CCCC74)C4C(Oc7c(-c8ccccc8)cccc7-c7ccccc7)CCCC64)C4C(Oc6c(-c7ccccc7)cccc6-c6ccccc6)CCCC54)C3C2)cc1. The number of nitrogens with one attached hydrogen (secondary N) is 8. The molecule has 0 spiro atoms. The number of ether oxygens (including phenoxy) is 3. The molecule has 10 aromatic rings. The molecule has 9 N–H and O–H groups in total. The zero-order valence-electron chi connectivity index (χ0n) is 59.9. The molecule has 8 bridgehead atoms. The molecule has 5 saturated heterocycles. The summed E-state index contributed by atoms with van der Waals surface area (Å²) >= 11 is 0. The molecular formula is C93H96N8O5. The van der Waals surface area contributed by atoms with Crippen LogP contribution >= 0.6 is 0 Å². The van der Waals surface area contributed by atoms with Gasteiger partial charge in [0.2, 0.25) is 0 Å². The third-order valence-corrected chi connectivity index (χ3v) is 26.0. The zero-order chi connectivity index (χ0) is 70.6. The minimum atomic E-state index is -0.895. The zero-order valence-corrected chi connectivity index (χ0v) is 59.9. The van der Waals surface area contributed by atoms with Gasteiger partial charge in [-0.05, 0) is 164 Å². The molecule has 10 aromatic carbocycles. The van der Waals surface area contributed by atoms with E-state index in [1.54, 1.807) is 12.1 Å². The predicted octanol–water partition coefficient (Wildman–Crippen LogP) is 16.9. The molecule has 20 atom stereocenters. The fraction of sp³-hybridized carbons (Fsp3) is 0.344. The number of benzene rings is 10. The van der Waals surface area contributed by atoms with Crippen LogP contribution in [0.4, 0.5) is 0 Å². The maximum absolute atomic E-state index is 12.2. The van der Waals surface area contributed by atoms with Crippen LogP contribution in [0.1, 0.15) is 98.9 Å². The number of carboxylic acids is 1. The summed E-state index contributed by atoms with van der Waals surface area (Å²) in [5.41, 5.74) is 15.0. The Morgan fingerprint density at radius 1 is 0.274 bits per heavy atom. The molecular weight excluding hydrogens is 1310 g/mol. The van der Waals surface area contributed by atoms with Crippen molar-refractivity contribution in [3.05, 3.63) is 272 Å². The standard InChI is InChI=1S/C93H96N8O5/c102-93(103)63-51-49-56(50-52-63)64-53-54-71-75(55-64)89-94-85(71)96-90-80-73(44-23-47-77(80)105-83-67(59-29-11-3-12-30-59)39-20-40-68(83)60-31-13-4-14-32-60)87(98-90)100-92-81-74(45-24-48-78(81)106-84-69(61-33-15-5-16-34-61)41-21-42-70(84)62-35-17-6-18-36-62)88(101-92)99-91-79-72(86(95-89)97-91)43-22-46-76(79)104-82-65(57-25-7-1-8-26-57)37-19-38-66(82)58-27-9-2-10-28-58/h1-21,25-42,49-52,64,71-81,85-92,94-101H,22-24,43-48,53-55H2,(H,102,103). The molecule has 9 aliphatic rings. The van der Waals surface area contributed by atoms with Gasteiger partial charge in [0.15, 0.2) is 0 Å². The van der Waals surface area contributed by atoms with Crippen LogP contribution < -0.4 is 56.7 Å². The first kappa shape index (κ1) is 67.4. The highest BCUT2D eigenvalue weighted by atomic mass is 16.5. The molecule has 538 valence electrons. The van der Waals surface area contributed by atoms with Crippen molar-refractivity contribution >= 4 is 5.97 Å². The Balaban J connectivity index is 0.734. The van der Waals surface area contributed by atoms with Gasteiger partial charge in [0.1, 0.15) is 35.6 Å². The van der Waals surface area contributed by atoms with E-state index in [-0.39, 0.29) is 115 Å². The molecule has 5 heterocycles. The summed E-state index contributed by atoms with van der Waals surface area (Å²) < 4.78 is 23.9. The number of aromatic carboxylic acids is 1. The van der Waals surface area contributed by atoms with E-state index in [0.29, 0.717) is 11.5 Å². The second-order valence-corrected chi connectivity index (χ2v) is 31.6. The Kier molecular flexibility index (Phi) is 18.7. The van der Waals surface area contributed by atoms with Crippen molar-refractivity contribution in [2.75, 3.05) is 0 Å². The number of hydrogen-bond acceptors (Lipinski definition) is 12. The van der Waals surface area contributed by atoms with Crippen LogP contribution in [0.2, 0.25) is 0 Å². The van der Waals surface area contributed by atoms with Crippen molar-refractivity contribution in [1.82, 2.24) is 42.5 Å². The second kappa shape index (κ2) is 29.5. The number of fused-ring (bicyclic) bond motifs is 20. The molecule has 106 heavy (non-hydrogen) atoms. The minimum Gasteiger partial charge on any atom is -0.489 e. The summed E-state index contributed by atoms with van der Waals surface area (Å²) in [6.07, 6.45) is 10.8. The third-order valence-electron chi connectivity index (χ3n) is 26.0. The quantitative estimate of drug-likeness (QED) is 0.0507. The van der Waals surface area contributed by atoms with Crippen LogP contribution in [-0.4, -0.2) is 78.7 Å². The Morgan fingerprint density at radius 3 is 0.840 bits per heavy atom. The predicted molar refractivity (Wildman–Crippen MR) is 420 cm³/mol. The minimum absolute atomic E-state index is 0.0425. The van der Waals surface area contributed by atoms with Gasteiger partial charge in [-0.15, -0.1) is 0 Å². The first-order valence-electron chi connectivity index (χ1n) is 39.5. The number of hydrogen-bond donors (Lipinski definition) is 9. The van der Waals surface area contributed by atoms with E-state index in [1.165, 1.54) is 5.56 Å². The van der Waals surface area contributed by atoms with Crippen molar-refractivity contribution in [2.45, 2.75) is 151 Å². The lowest BCUT2D eigenvalue weighted by molar-refractivity contribution is 0.0301. The van der Waals surface area contributed by atoms with E-state index in [2.05, 4.69) is 291 Å². The molecule has 13 heteroatoms. The summed E-state index contributed by atoms with van der Waals surface area (Å²) in [6.45, 7) is 0. The van der Waals surface area contributed by atoms with Gasteiger partial charge in [0.25, 0.3) is 0 Å². The Hall–Kier alpha value is -9.25. The number of para-hydroxylation sites is 3. The smallest absolute Gasteiger partial charge is 0.335 e. The molecule has 19 rings (SSSR count). The average molecular weight is 1410 g/mol. The molecule has 0 amide bonds. The fourth-order valence-corrected chi connectivity index (χ4v) is 21.2. The van der Waals surface area contributed by atoms with Gasteiger partial charge in [0.05, 0.1) is 54.9 Å². The lowest BCUT2D eigenvalue weighted by Crippen LogP contribution is -2.62. The third kappa shape index (κ3) is 12.9. The van der Waals surface area contributed by atoms with Gasteiger partial charge >= 0.3 is 5.97 Å². The topological polar surface area (TPSA) is 161 Å². The van der Waals surface area contributed by atoms with Crippen LogP contribution in [0.3, 0.4) is 0 Å². The van der Waals surface area contributed by atoms with E-state index in [9.17, 15) is 9.90 Å². The average Bonchev–Trinajstić information content (AvgIpc) is 1.51. The van der Waals surface area contributed by atoms with Crippen LogP contribution in [0.15, 0.2) is 261 Å². The summed E-state index contributed by atoms with van der Waals surface area (Å²) in [5, 5.41) is 45.9. The number of rotatable bonds is 14. The molecule has 4 saturated carbocycles. The number of carbonyl (C=O) groups is 1. The monoisotopic (exact) mass is 1400 g/mol. The van der Waals surface area contributed by atoms with Crippen molar-refractivity contribution in [2.24, 2.45) is 47.3 Å². The highest BCUT2D eigenvalue weighted by Crippen LogP contribution is 2.53. The van der Waals surface area contributed by atoms with Crippen molar-refractivity contribution < 1.29 is 24.1 Å². The Morgan fingerprint density at radius 2 is 0.547 bits per heavy atom. The van der Waals surface area contributed by atoms with Gasteiger partial charge in [-0.1, -0.05) is 249 Å². The normalized spacial score (nSPS) is 31.5. The molecule has 0 aromatic heterocycles. The lowest BCUT2D eigenvalue weighted by atomic mass is 9.71. The Labute approximate surface area is 623 Å². The molecule has 20 unspecified atom stereocenters. The lowest BCUT2D eigenvalue weighted by Gasteiger charge is -2.41. The largest absolute Gasteiger partial charge is 0.489 e.